The van der Waals surface area contributed by atoms with Crippen molar-refractivity contribution >= 4 is 0 Å². The lowest BCUT2D eigenvalue weighted by molar-refractivity contribution is 0.485. The van der Waals surface area contributed by atoms with Crippen LogP contribution >= 0.6 is 0 Å². The lowest BCUT2D eigenvalue weighted by atomic mass is 10.1. The molecule has 0 bridgehead atoms. The van der Waals surface area contributed by atoms with Gasteiger partial charge in [-0.1, -0.05) is 30.3 Å². The average molecular weight is 201 g/mol. The third kappa shape index (κ3) is 2.21. The van der Waals surface area contributed by atoms with E-state index in [1.807, 2.05) is 37.4 Å². The Labute approximate surface area is 88.6 Å². The largest absolute Gasteiger partial charge is 0.261 e. The number of benzene rings is 1. The van der Waals surface area contributed by atoms with Crippen molar-refractivity contribution in [3.8, 4) is 11.1 Å². The summed E-state index contributed by atoms with van der Waals surface area (Å²) in [5.41, 5.74) is 3.84. The summed E-state index contributed by atoms with van der Waals surface area (Å²) < 4.78 is 12.3. The number of aryl methyl sites for hydroxylation is 1. The van der Waals surface area contributed by atoms with Crippen LogP contribution in [0, 0.1) is 6.92 Å². The topological polar surface area (TPSA) is 12.9 Å². The first kappa shape index (κ1) is 9.84. The maximum atomic E-state index is 12.3. The van der Waals surface area contributed by atoms with Gasteiger partial charge in [0.05, 0.1) is 0 Å². The molecular formula is C13H12FN. The van der Waals surface area contributed by atoms with E-state index in [4.69, 9.17) is 0 Å². The molecule has 0 aliphatic rings. The molecule has 0 spiro atoms. The minimum atomic E-state index is -0.410. The Bertz CT molecular complexity index is 431. The van der Waals surface area contributed by atoms with Gasteiger partial charge in [-0.15, -0.1) is 0 Å². The molecule has 0 atom stereocenters. The van der Waals surface area contributed by atoms with Crippen molar-refractivity contribution in [1.29, 1.82) is 0 Å². The van der Waals surface area contributed by atoms with E-state index in [1.54, 1.807) is 12.1 Å². The van der Waals surface area contributed by atoms with Crippen LogP contribution in [0.3, 0.4) is 0 Å². The van der Waals surface area contributed by atoms with Gasteiger partial charge in [0.2, 0.25) is 0 Å². The fourth-order valence-corrected chi connectivity index (χ4v) is 1.42. The number of pyridine rings is 1. The van der Waals surface area contributed by atoms with Gasteiger partial charge in [-0.3, -0.25) is 4.98 Å². The normalized spacial score (nSPS) is 10.3. The highest BCUT2D eigenvalue weighted by Crippen LogP contribution is 2.19. The van der Waals surface area contributed by atoms with Crippen LogP contribution in [0.15, 0.2) is 42.6 Å². The van der Waals surface area contributed by atoms with Crippen LogP contribution in [0.25, 0.3) is 11.1 Å². The predicted molar refractivity (Wildman–Crippen MR) is 59.2 cm³/mol. The molecule has 1 aromatic heterocycles. The SMILES string of the molecule is Cc1ccc(-c2ccc(CF)cc2)cn1. The molecule has 2 rings (SSSR count). The summed E-state index contributed by atoms with van der Waals surface area (Å²) in [6.07, 6.45) is 1.83. The smallest absolute Gasteiger partial charge is 0.115 e. The Morgan fingerprint density at radius 3 is 2.20 bits per heavy atom. The molecule has 0 unspecified atom stereocenters. The minimum Gasteiger partial charge on any atom is -0.261 e. The van der Waals surface area contributed by atoms with Gasteiger partial charge in [0.25, 0.3) is 0 Å². The Hall–Kier alpha value is -1.70. The monoisotopic (exact) mass is 201 g/mol. The van der Waals surface area contributed by atoms with Crippen molar-refractivity contribution in [2.45, 2.75) is 13.6 Å². The quantitative estimate of drug-likeness (QED) is 0.724. The molecule has 1 aromatic carbocycles. The molecule has 2 heteroatoms. The van der Waals surface area contributed by atoms with E-state index >= 15 is 0 Å². The van der Waals surface area contributed by atoms with E-state index in [-0.39, 0.29) is 0 Å². The number of nitrogens with zero attached hydrogens (tertiary/aromatic N) is 1. The Morgan fingerprint density at radius 1 is 1.00 bits per heavy atom. The summed E-state index contributed by atoms with van der Waals surface area (Å²) in [5.74, 6) is 0. The number of rotatable bonds is 2. The lowest BCUT2D eigenvalue weighted by Gasteiger charge is -2.02. The summed E-state index contributed by atoms with van der Waals surface area (Å²) in [6, 6.07) is 11.4. The summed E-state index contributed by atoms with van der Waals surface area (Å²) >= 11 is 0. The number of alkyl halides is 1. The van der Waals surface area contributed by atoms with Gasteiger partial charge in [-0.05, 0) is 24.1 Å². The molecular weight excluding hydrogens is 189 g/mol. The minimum absolute atomic E-state index is 0.410. The van der Waals surface area contributed by atoms with Gasteiger partial charge in [-0.2, -0.15) is 0 Å². The van der Waals surface area contributed by atoms with Crippen molar-refractivity contribution < 1.29 is 4.39 Å². The Kier molecular flexibility index (Phi) is 2.77. The molecule has 0 saturated carbocycles. The van der Waals surface area contributed by atoms with E-state index in [2.05, 4.69) is 4.98 Å². The summed E-state index contributed by atoms with van der Waals surface area (Å²) in [6.45, 7) is 1.54. The van der Waals surface area contributed by atoms with Crippen molar-refractivity contribution in [2.75, 3.05) is 0 Å². The molecule has 0 radical (unpaired) electrons. The number of halogens is 1. The van der Waals surface area contributed by atoms with Crippen LogP contribution in [-0.4, -0.2) is 4.98 Å². The molecule has 15 heavy (non-hydrogen) atoms. The molecule has 1 nitrogen and oxygen atoms in total. The number of aromatic nitrogens is 1. The molecule has 0 amide bonds. The zero-order valence-electron chi connectivity index (χ0n) is 8.57. The first-order chi connectivity index (χ1) is 7.29. The van der Waals surface area contributed by atoms with Gasteiger partial charge in [-0.25, -0.2) is 4.39 Å². The zero-order chi connectivity index (χ0) is 10.7. The molecule has 1 heterocycles. The maximum Gasteiger partial charge on any atom is 0.115 e. The highest BCUT2D eigenvalue weighted by atomic mass is 19.1. The number of hydrogen-bond donors (Lipinski definition) is 0. The first-order valence-electron chi connectivity index (χ1n) is 4.87. The van der Waals surface area contributed by atoms with E-state index in [9.17, 15) is 4.39 Å². The summed E-state index contributed by atoms with van der Waals surface area (Å²) in [7, 11) is 0. The molecule has 0 saturated heterocycles. The fraction of sp³-hybridized carbons (Fsp3) is 0.154. The maximum absolute atomic E-state index is 12.3. The van der Waals surface area contributed by atoms with Crippen LogP contribution in [-0.2, 0) is 6.67 Å². The predicted octanol–water partition coefficient (Wildman–Crippen LogP) is 3.53. The second kappa shape index (κ2) is 4.22. The second-order valence-electron chi connectivity index (χ2n) is 3.52. The van der Waals surface area contributed by atoms with Crippen LogP contribution in [0.4, 0.5) is 4.39 Å². The fourth-order valence-electron chi connectivity index (χ4n) is 1.42. The molecule has 2 aromatic rings. The average Bonchev–Trinajstić information content (AvgIpc) is 2.30. The molecule has 0 fully saturated rings. The zero-order valence-corrected chi connectivity index (χ0v) is 8.57. The summed E-state index contributed by atoms with van der Waals surface area (Å²) in [4.78, 5) is 4.22. The van der Waals surface area contributed by atoms with Crippen molar-refractivity contribution in [3.05, 3.63) is 53.9 Å². The van der Waals surface area contributed by atoms with Crippen molar-refractivity contribution in [1.82, 2.24) is 4.98 Å². The van der Waals surface area contributed by atoms with Gasteiger partial charge in [0.15, 0.2) is 0 Å². The van der Waals surface area contributed by atoms with Crippen LogP contribution in [0.5, 0.6) is 0 Å². The molecule has 0 aliphatic carbocycles. The van der Waals surface area contributed by atoms with Crippen molar-refractivity contribution in [3.63, 3.8) is 0 Å². The van der Waals surface area contributed by atoms with E-state index in [0.29, 0.717) is 5.56 Å². The lowest BCUT2D eigenvalue weighted by Crippen LogP contribution is -1.84. The Balaban J connectivity index is 2.33. The van der Waals surface area contributed by atoms with Gasteiger partial charge >= 0.3 is 0 Å². The van der Waals surface area contributed by atoms with E-state index in [0.717, 1.165) is 16.8 Å². The Morgan fingerprint density at radius 2 is 1.67 bits per heavy atom. The highest BCUT2D eigenvalue weighted by molar-refractivity contribution is 5.62. The van der Waals surface area contributed by atoms with Crippen LogP contribution in [0.2, 0.25) is 0 Å². The van der Waals surface area contributed by atoms with E-state index in [1.165, 1.54) is 0 Å². The second-order valence-corrected chi connectivity index (χ2v) is 3.52. The highest BCUT2D eigenvalue weighted by Gasteiger charge is 1.98. The third-order valence-corrected chi connectivity index (χ3v) is 2.35. The first-order valence-corrected chi connectivity index (χ1v) is 4.87. The van der Waals surface area contributed by atoms with Crippen LogP contribution < -0.4 is 0 Å². The third-order valence-electron chi connectivity index (χ3n) is 2.35. The standard InChI is InChI=1S/C13H12FN/c1-10-2-5-13(9-15-10)12-6-3-11(8-14)4-7-12/h2-7,9H,8H2,1H3. The van der Waals surface area contributed by atoms with Gasteiger partial charge < -0.3 is 0 Å². The molecule has 0 N–H and O–H groups in total. The van der Waals surface area contributed by atoms with E-state index < -0.39 is 6.67 Å². The van der Waals surface area contributed by atoms with Crippen LogP contribution in [0.1, 0.15) is 11.3 Å². The van der Waals surface area contributed by atoms with Gasteiger partial charge in [0.1, 0.15) is 6.67 Å². The van der Waals surface area contributed by atoms with Gasteiger partial charge in [0, 0.05) is 17.5 Å². The number of hydrogen-bond acceptors (Lipinski definition) is 1. The summed E-state index contributed by atoms with van der Waals surface area (Å²) in [5, 5.41) is 0. The van der Waals surface area contributed by atoms with Crippen molar-refractivity contribution in [2.24, 2.45) is 0 Å². The molecule has 76 valence electrons. The molecule has 0 aliphatic heterocycles.